The van der Waals surface area contributed by atoms with Gasteiger partial charge in [0.05, 0.1) is 0 Å². The molecule has 0 saturated carbocycles. The summed E-state index contributed by atoms with van der Waals surface area (Å²) in [6.07, 6.45) is 2.18. The molecular weight excluding hydrogens is 245 g/mol. The van der Waals surface area contributed by atoms with E-state index in [4.69, 9.17) is 0 Å². The molecule has 0 bridgehead atoms. The van der Waals surface area contributed by atoms with E-state index in [-0.39, 0.29) is 32.7 Å². The van der Waals surface area contributed by atoms with Crippen molar-refractivity contribution in [2.24, 2.45) is 5.92 Å². The summed E-state index contributed by atoms with van der Waals surface area (Å²) in [4.78, 5) is 0. The zero-order valence-corrected chi connectivity index (χ0v) is 12.4. The Hall–Kier alpha value is 0.324. The molecule has 0 heterocycles. The molecule has 0 N–H and O–H groups in total. The van der Waals surface area contributed by atoms with E-state index in [1.807, 2.05) is 12.1 Å². The molecule has 1 radical (unpaired) electrons. The van der Waals surface area contributed by atoms with Crippen molar-refractivity contribution in [3.63, 3.8) is 0 Å². The predicted octanol–water partition coefficient (Wildman–Crippen LogP) is 3.91. The minimum absolute atomic E-state index is 0. The van der Waals surface area contributed by atoms with E-state index in [0.29, 0.717) is 0 Å². The third-order valence-corrected chi connectivity index (χ3v) is 1.77. The van der Waals surface area contributed by atoms with Crippen LogP contribution < -0.4 is 0 Å². The monoisotopic (exact) mass is 265 g/mol. The van der Waals surface area contributed by atoms with E-state index >= 15 is 0 Å². The van der Waals surface area contributed by atoms with Gasteiger partial charge in [0, 0.05) is 32.7 Å². The van der Waals surface area contributed by atoms with Gasteiger partial charge in [-0.15, -0.1) is 0 Å². The predicted molar refractivity (Wildman–Crippen MR) is 59.5 cm³/mol. The molecular formula is C13H20Y-2. The van der Waals surface area contributed by atoms with Crippen LogP contribution in [0.3, 0.4) is 0 Å². The van der Waals surface area contributed by atoms with E-state index in [1.165, 1.54) is 5.56 Å². The Kier molecular flexibility index (Phi) is 13.6. The Balaban J connectivity index is 0. The zero-order chi connectivity index (χ0) is 10.1. The van der Waals surface area contributed by atoms with E-state index in [1.54, 1.807) is 0 Å². The molecule has 0 unspecified atom stereocenters. The fraction of sp³-hybridized carbons (Fsp3) is 0.462. The maximum absolute atomic E-state index is 3.69. The first-order valence-corrected chi connectivity index (χ1v) is 4.94. The van der Waals surface area contributed by atoms with Gasteiger partial charge >= 0.3 is 0 Å². The van der Waals surface area contributed by atoms with E-state index in [2.05, 4.69) is 45.9 Å². The third-order valence-electron chi connectivity index (χ3n) is 1.77. The normalized spacial score (nSPS) is 8.64. The average molecular weight is 265 g/mol. The second-order valence-corrected chi connectivity index (χ2v) is 3.44. The van der Waals surface area contributed by atoms with Gasteiger partial charge in [-0.25, -0.2) is 0 Å². The summed E-state index contributed by atoms with van der Waals surface area (Å²) >= 11 is 0. The molecule has 1 aromatic carbocycles. The van der Waals surface area contributed by atoms with Crippen LogP contribution in [-0.2, 0) is 39.1 Å². The zero-order valence-electron chi connectivity index (χ0n) is 9.59. The standard InChI is InChI=1S/C8H9.C5H11.Y/c1-2-8-6-4-3-5-7-8;1-4-5(2)3;/h4-7H,2H2,1H3;5H,1,4H2,2-3H3;/q2*-1;. The molecule has 0 aliphatic heterocycles. The minimum Gasteiger partial charge on any atom is -0.343 e. The summed E-state index contributed by atoms with van der Waals surface area (Å²) in [6, 6.07) is 11.0. The van der Waals surface area contributed by atoms with Gasteiger partial charge in [0.15, 0.2) is 0 Å². The molecule has 1 aromatic rings. The number of aryl methyl sites for hydroxylation is 1. The Morgan fingerprint density at radius 2 is 1.71 bits per heavy atom. The second-order valence-electron chi connectivity index (χ2n) is 3.44. The van der Waals surface area contributed by atoms with Crippen molar-refractivity contribution in [2.45, 2.75) is 33.6 Å². The van der Waals surface area contributed by atoms with Crippen molar-refractivity contribution in [1.29, 1.82) is 0 Å². The number of hydrogen-bond acceptors (Lipinski definition) is 0. The van der Waals surface area contributed by atoms with Crippen LogP contribution in [0.4, 0.5) is 0 Å². The first-order chi connectivity index (χ1) is 6.20. The summed E-state index contributed by atoms with van der Waals surface area (Å²) in [5.41, 5.74) is 1.38. The van der Waals surface area contributed by atoms with Gasteiger partial charge in [-0.2, -0.15) is 42.3 Å². The molecule has 0 fully saturated rings. The summed E-state index contributed by atoms with van der Waals surface area (Å²) in [5, 5.41) is 0. The van der Waals surface area contributed by atoms with Crippen molar-refractivity contribution in [2.75, 3.05) is 0 Å². The van der Waals surface area contributed by atoms with Gasteiger partial charge in [-0.3, -0.25) is 0 Å². The molecule has 14 heavy (non-hydrogen) atoms. The van der Waals surface area contributed by atoms with Crippen LogP contribution in [0.15, 0.2) is 24.3 Å². The van der Waals surface area contributed by atoms with Crippen LogP contribution in [0, 0.1) is 18.9 Å². The van der Waals surface area contributed by atoms with Gasteiger partial charge in [-0.1, -0.05) is 33.1 Å². The van der Waals surface area contributed by atoms with Crippen molar-refractivity contribution in [3.05, 3.63) is 42.8 Å². The summed E-state index contributed by atoms with van der Waals surface area (Å²) in [7, 11) is 0. The quantitative estimate of drug-likeness (QED) is 0.711. The molecule has 0 amide bonds. The number of hydrogen-bond donors (Lipinski definition) is 0. The number of rotatable bonds is 2. The maximum Gasteiger partial charge on any atom is 0 e. The van der Waals surface area contributed by atoms with Gasteiger partial charge < -0.3 is 6.92 Å². The molecule has 0 aliphatic rings. The van der Waals surface area contributed by atoms with E-state index in [0.717, 1.165) is 18.8 Å². The van der Waals surface area contributed by atoms with Crippen LogP contribution in [0.25, 0.3) is 0 Å². The molecule has 0 nitrogen and oxygen atoms in total. The molecule has 0 aromatic heterocycles. The Morgan fingerprint density at radius 1 is 1.29 bits per heavy atom. The van der Waals surface area contributed by atoms with Gasteiger partial charge in [0.1, 0.15) is 0 Å². The van der Waals surface area contributed by atoms with Crippen molar-refractivity contribution < 1.29 is 32.7 Å². The smallest absolute Gasteiger partial charge is 0 e. The molecule has 77 valence electrons. The fourth-order valence-corrected chi connectivity index (χ4v) is 0.657. The van der Waals surface area contributed by atoms with E-state index in [9.17, 15) is 0 Å². The molecule has 1 rings (SSSR count). The van der Waals surface area contributed by atoms with Crippen LogP contribution in [-0.4, -0.2) is 0 Å². The topological polar surface area (TPSA) is 0 Å². The van der Waals surface area contributed by atoms with Crippen molar-refractivity contribution >= 4 is 0 Å². The second kappa shape index (κ2) is 11.4. The Morgan fingerprint density at radius 3 is 1.93 bits per heavy atom. The van der Waals surface area contributed by atoms with Gasteiger partial charge in [-0.05, 0) is 0 Å². The first kappa shape index (κ1) is 16.7. The van der Waals surface area contributed by atoms with Crippen LogP contribution in [0.5, 0.6) is 0 Å². The Bertz CT molecular complexity index is 192. The van der Waals surface area contributed by atoms with Crippen molar-refractivity contribution in [3.8, 4) is 0 Å². The molecule has 0 saturated heterocycles. The average Bonchev–Trinajstić information content (AvgIpc) is 2.20. The SMILES string of the molecule is CCc1cc[c-]cc1.[CH2-]CC(C)C.[Y]. The Labute approximate surface area is 114 Å². The summed E-state index contributed by atoms with van der Waals surface area (Å²) in [5.74, 6) is 0.773. The van der Waals surface area contributed by atoms with Gasteiger partial charge in [0.2, 0.25) is 0 Å². The van der Waals surface area contributed by atoms with Gasteiger partial charge in [0.25, 0.3) is 0 Å². The van der Waals surface area contributed by atoms with E-state index < -0.39 is 0 Å². The molecule has 0 aliphatic carbocycles. The maximum atomic E-state index is 3.69. The largest absolute Gasteiger partial charge is 0.343 e. The summed E-state index contributed by atoms with van der Waals surface area (Å²) in [6.45, 7) is 10.2. The fourth-order valence-electron chi connectivity index (χ4n) is 0.657. The molecule has 1 heteroatoms. The summed E-state index contributed by atoms with van der Waals surface area (Å²) < 4.78 is 0. The minimum atomic E-state index is 0. The molecule has 0 spiro atoms. The van der Waals surface area contributed by atoms with Crippen LogP contribution >= 0.6 is 0 Å². The molecule has 0 atom stereocenters. The number of benzene rings is 1. The third kappa shape index (κ3) is 10.4. The van der Waals surface area contributed by atoms with Crippen molar-refractivity contribution in [1.82, 2.24) is 0 Å². The first-order valence-electron chi connectivity index (χ1n) is 4.94. The van der Waals surface area contributed by atoms with Crippen LogP contribution in [0.2, 0.25) is 0 Å². The van der Waals surface area contributed by atoms with Crippen LogP contribution in [0.1, 0.15) is 32.8 Å².